The van der Waals surface area contributed by atoms with E-state index in [4.69, 9.17) is 4.74 Å². The first-order valence-electron chi connectivity index (χ1n) is 8.95. The fraction of sp³-hybridized carbons (Fsp3) is 0.143. The third-order valence-corrected chi connectivity index (χ3v) is 5.28. The van der Waals surface area contributed by atoms with Crippen molar-refractivity contribution < 1.29 is 9.53 Å². The second kappa shape index (κ2) is 8.24. The van der Waals surface area contributed by atoms with Gasteiger partial charge in [0.05, 0.1) is 20.0 Å². The van der Waals surface area contributed by atoms with Gasteiger partial charge in [-0.1, -0.05) is 42.5 Å². The predicted molar refractivity (Wildman–Crippen MR) is 111 cm³/mol. The maximum atomic E-state index is 12.7. The molecular weight excluding hydrogens is 388 g/mol. The van der Waals surface area contributed by atoms with E-state index in [1.165, 1.54) is 10.9 Å². The molecule has 29 heavy (non-hydrogen) atoms. The quantitative estimate of drug-likeness (QED) is 0.532. The Balaban J connectivity index is 1.54. The summed E-state index contributed by atoms with van der Waals surface area (Å²) in [6, 6.07) is 17.1. The summed E-state index contributed by atoms with van der Waals surface area (Å²) < 4.78 is 10.9. The number of amides is 1. The minimum Gasteiger partial charge on any atom is -0.497 e. The first kappa shape index (κ1) is 18.8. The van der Waals surface area contributed by atoms with Crippen LogP contribution in [0.5, 0.6) is 5.75 Å². The summed E-state index contributed by atoms with van der Waals surface area (Å²) >= 11 is 0.980. The highest BCUT2D eigenvalue weighted by molar-refractivity contribution is 7.09. The zero-order valence-corrected chi connectivity index (χ0v) is 16.5. The molecule has 0 aliphatic rings. The first-order valence-corrected chi connectivity index (χ1v) is 9.73. The lowest BCUT2D eigenvalue weighted by Gasteiger charge is -2.06. The largest absolute Gasteiger partial charge is 0.497 e. The van der Waals surface area contributed by atoms with E-state index < -0.39 is 0 Å². The van der Waals surface area contributed by atoms with E-state index in [1.807, 2.05) is 54.6 Å². The van der Waals surface area contributed by atoms with Gasteiger partial charge in [0.15, 0.2) is 5.52 Å². The lowest BCUT2D eigenvalue weighted by atomic mass is 10.2. The van der Waals surface area contributed by atoms with Crippen LogP contribution in [0.15, 0.2) is 65.7 Å². The fourth-order valence-corrected chi connectivity index (χ4v) is 3.69. The molecule has 2 heterocycles. The Morgan fingerprint density at radius 3 is 2.69 bits per heavy atom. The second-order valence-corrected chi connectivity index (χ2v) is 7.18. The van der Waals surface area contributed by atoms with Crippen molar-refractivity contribution in [1.82, 2.24) is 19.2 Å². The standard InChI is InChI=1S/C21H18N4O3S/c1-28-16-9-5-8-15(10-16)11-22-20(26)19-17-18(24-29-19)21(27)25(13-23-17)12-14-6-3-2-4-7-14/h2-10,13H,11-12H2,1H3,(H,22,26). The molecule has 8 heteroatoms. The molecule has 4 rings (SSSR count). The van der Waals surface area contributed by atoms with Gasteiger partial charge in [0.1, 0.15) is 16.1 Å². The molecule has 1 N–H and O–H groups in total. The highest BCUT2D eigenvalue weighted by Crippen LogP contribution is 2.18. The number of benzene rings is 2. The lowest BCUT2D eigenvalue weighted by Crippen LogP contribution is -2.24. The molecule has 0 atom stereocenters. The van der Waals surface area contributed by atoms with Gasteiger partial charge < -0.3 is 10.1 Å². The maximum Gasteiger partial charge on any atom is 0.281 e. The molecule has 0 aliphatic carbocycles. The monoisotopic (exact) mass is 406 g/mol. The van der Waals surface area contributed by atoms with Gasteiger partial charge in [-0.25, -0.2) is 4.98 Å². The molecule has 2 aromatic carbocycles. The van der Waals surface area contributed by atoms with Crippen molar-refractivity contribution in [3.05, 3.63) is 87.3 Å². The molecule has 7 nitrogen and oxygen atoms in total. The summed E-state index contributed by atoms with van der Waals surface area (Å²) in [6.45, 7) is 0.734. The van der Waals surface area contributed by atoms with Crippen LogP contribution < -0.4 is 15.6 Å². The number of carbonyl (C=O) groups is 1. The van der Waals surface area contributed by atoms with Crippen LogP contribution in [-0.4, -0.2) is 26.9 Å². The van der Waals surface area contributed by atoms with E-state index in [0.29, 0.717) is 23.5 Å². The van der Waals surface area contributed by atoms with Crippen LogP contribution in [-0.2, 0) is 13.1 Å². The van der Waals surface area contributed by atoms with Crippen molar-refractivity contribution in [3.8, 4) is 5.75 Å². The summed E-state index contributed by atoms with van der Waals surface area (Å²) in [6.07, 6.45) is 1.46. The number of aromatic nitrogens is 3. The van der Waals surface area contributed by atoms with Gasteiger partial charge in [0, 0.05) is 6.54 Å². The van der Waals surface area contributed by atoms with Crippen LogP contribution in [0.1, 0.15) is 20.8 Å². The van der Waals surface area contributed by atoms with Crippen LogP contribution in [0.4, 0.5) is 0 Å². The van der Waals surface area contributed by atoms with Gasteiger partial charge in [-0.15, -0.1) is 0 Å². The number of hydrogen-bond donors (Lipinski definition) is 1. The van der Waals surface area contributed by atoms with Gasteiger partial charge in [-0.3, -0.25) is 14.2 Å². The zero-order chi connectivity index (χ0) is 20.2. The van der Waals surface area contributed by atoms with Crippen molar-refractivity contribution in [2.24, 2.45) is 0 Å². The molecule has 0 saturated carbocycles. The number of carbonyl (C=O) groups excluding carboxylic acids is 1. The van der Waals surface area contributed by atoms with Gasteiger partial charge >= 0.3 is 0 Å². The smallest absolute Gasteiger partial charge is 0.281 e. The molecule has 0 aliphatic heterocycles. The predicted octanol–water partition coefficient (Wildman–Crippen LogP) is 2.84. The summed E-state index contributed by atoms with van der Waals surface area (Å²) in [5.41, 5.74) is 2.17. The van der Waals surface area contributed by atoms with Gasteiger partial charge in [-0.2, -0.15) is 4.37 Å². The molecule has 0 unspecified atom stereocenters. The average molecular weight is 406 g/mol. The van der Waals surface area contributed by atoms with Gasteiger partial charge in [0.25, 0.3) is 11.5 Å². The van der Waals surface area contributed by atoms with Crippen molar-refractivity contribution in [3.63, 3.8) is 0 Å². The van der Waals surface area contributed by atoms with Crippen LogP contribution in [0.2, 0.25) is 0 Å². The molecule has 146 valence electrons. The summed E-state index contributed by atoms with van der Waals surface area (Å²) in [5.74, 6) is 0.411. The summed E-state index contributed by atoms with van der Waals surface area (Å²) in [5, 5.41) is 2.85. The molecule has 0 bridgehead atoms. The number of methoxy groups -OCH3 is 1. The number of nitrogens with one attached hydrogen (secondary N) is 1. The Morgan fingerprint density at radius 2 is 1.90 bits per heavy atom. The number of ether oxygens (including phenoxy) is 1. The fourth-order valence-electron chi connectivity index (χ4n) is 2.95. The Labute approximate surface area is 170 Å². The Hall–Kier alpha value is -3.52. The van der Waals surface area contributed by atoms with E-state index in [1.54, 1.807) is 7.11 Å². The van der Waals surface area contributed by atoms with Crippen LogP contribution in [0, 0.1) is 0 Å². The first-order chi connectivity index (χ1) is 14.2. The lowest BCUT2D eigenvalue weighted by molar-refractivity contribution is 0.0956. The Bertz CT molecular complexity index is 1220. The van der Waals surface area contributed by atoms with E-state index in [-0.39, 0.29) is 17.0 Å². The van der Waals surface area contributed by atoms with Crippen molar-refractivity contribution in [1.29, 1.82) is 0 Å². The number of rotatable bonds is 6. The SMILES string of the molecule is COc1cccc(CNC(=O)c2snc3c(=O)n(Cc4ccccc4)cnc23)c1. The average Bonchev–Trinajstić information content (AvgIpc) is 3.20. The summed E-state index contributed by atoms with van der Waals surface area (Å²) in [4.78, 5) is 30.0. The van der Waals surface area contributed by atoms with E-state index in [9.17, 15) is 9.59 Å². The van der Waals surface area contributed by atoms with E-state index >= 15 is 0 Å². The number of fused-ring (bicyclic) bond motifs is 1. The van der Waals surface area contributed by atoms with Crippen LogP contribution in [0.3, 0.4) is 0 Å². The highest BCUT2D eigenvalue weighted by Gasteiger charge is 2.18. The molecule has 0 saturated heterocycles. The van der Waals surface area contributed by atoms with E-state index in [0.717, 1.165) is 28.4 Å². The zero-order valence-electron chi connectivity index (χ0n) is 15.7. The molecule has 4 aromatic rings. The number of hydrogen-bond acceptors (Lipinski definition) is 6. The Morgan fingerprint density at radius 1 is 1.10 bits per heavy atom. The molecule has 1 amide bonds. The van der Waals surface area contributed by atoms with Crippen molar-refractivity contribution in [2.45, 2.75) is 13.1 Å². The molecular formula is C21H18N4O3S. The Kier molecular flexibility index (Phi) is 5.35. The normalized spacial score (nSPS) is 10.8. The van der Waals surface area contributed by atoms with Crippen molar-refractivity contribution in [2.75, 3.05) is 7.11 Å². The molecule has 0 radical (unpaired) electrons. The topological polar surface area (TPSA) is 86.1 Å². The molecule has 0 fully saturated rings. The second-order valence-electron chi connectivity index (χ2n) is 6.41. The molecule has 2 aromatic heterocycles. The minimum absolute atomic E-state index is 0.208. The van der Waals surface area contributed by atoms with Gasteiger partial charge in [-0.05, 0) is 34.8 Å². The van der Waals surface area contributed by atoms with Crippen molar-refractivity contribution >= 4 is 28.5 Å². The summed E-state index contributed by atoms with van der Waals surface area (Å²) in [7, 11) is 1.59. The number of nitrogens with zero attached hydrogens (tertiary/aromatic N) is 3. The highest BCUT2D eigenvalue weighted by atomic mass is 32.1. The maximum absolute atomic E-state index is 12.7. The van der Waals surface area contributed by atoms with E-state index in [2.05, 4.69) is 14.7 Å². The minimum atomic E-state index is -0.312. The third kappa shape index (κ3) is 4.02. The van der Waals surface area contributed by atoms with Crippen LogP contribution in [0.25, 0.3) is 11.0 Å². The van der Waals surface area contributed by atoms with Crippen LogP contribution >= 0.6 is 11.5 Å². The molecule has 0 spiro atoms. The third-order valence-electron chi connectivity index (χ3n) is 4.45. The van der Waals surface area contributed by atoms with Gasteiger partial charge in [0.2, 0.25) is 0 Å².